The number of methoxy groups -OCH3 is 1. The monoisotopic (exact) mass is 575 g/mol. The average molecular weight is 576 g/mol. The fourth-order valence-electron chi connectivity index (χ4n) is 6.54. The minimum Gasteiger partial charge on any atom is -0.404 e. The van der Waals surface area contributed by atoms with Gasteiger partial charge in [-0.3, -0.25) is 19.5 Å². The van der Waals surface area contributed by atoms with E-state index < -0.39 is 6.09 Å². The molecule has 42 heavy (non-hydrogen) atoms. The van der Waals surface area contributed by atoms with Gasteiger partial charge in [0.05, 0.1) is 11.6 Å². The van der Waals surface area contributed by atoms with E-state index in [9.17, 15) is 14.4 Å². The third kappa shape index (κ3) is 6.65. The second kappa shape index (κ2) is 13.0. The van der Waals surface area contributed by atoms with Crippen molar-refractivity contribution in [2.45, 2.75) is 83.3 Å². The van der Waals surface area contributed by atoms with E-state index in [4.69, 9.17) is 9.47 Å². The number of nitrogens with one attached hydrogen (secondary N) is 1. The van der Waals surface area contributed by atoms with Crippen molar-refractivity contribution in [3.63, 3.8) is 0 Å². The summed E-state index contributed by atoms with van der Waals surface area (Å²) in [5.74, 6) is 0.0291. The molecule has 4 atom stereocenters. The fraction of sp³-hybridized carbons (Fsp3) is 0.500. The Balaban J connectivity index is 1.19. The third-order valence-electron chi connectivity index (χ3n) is 8.55. The van der Waals surface area contributed by atoms with Crippen molar-refractivity contribution in [1.82, 2.24) is 24.7 Å². The number of piperidine rings is 1. The van der Waals surface area contributed by atoms with Gasteiger partial charge in [-0.1, -0.05) is 24.3 Å². The van der Waals surface area contributed by atoms with Crippen LogP contribution in [-0.4, -0.2) is 75.8 Å². The lowest BCUT2D eigenvalue weighted by Crippen LogP contribution is -2.54. The van der Waals surface area contributed by atoms with Crippen molar-refractivity contribution < 1.29 is 19.1 Å². The molecule has 5 rings (SSSR count). The molecule has 2 amide bonds. The zero-order chi connectivity index (χ0) is 29.8. The number of hydrogen-bond donors (Lipinski definition) is 1. The van der Waals surface area contributed by atoms with Crippen LogP contribution in [0.3, 0.4) is 0 Å². The first-order valence-corrected chi connectivity index (χ1v) is 14.8. The molecule has 2 aromatic heterocycles. The van der Waals surface area contributed by atoms with E-state index in [1.807, 2.05) is 50.2 Å². The summed E-state index contributed by atoms with van der Waals surface area (Å²) in [5, 5.41) is 3.87. The van der Waals surface area contributed by atoms with Gasteiger partial charge in [-0.05, 0) is 63.3 Å². The maximum absolute atomic E-state index is 13.2. The highest BCUT2D eigenvalue weighted by atomic mass is 16.6. The second-order valence-corrected chi connectivity index (χ2v) is 11.7. The number of para-hydroxylation sites is 1. The minimum absolute atomic E-state index is 0.00291. The van der Waals surface area contributed by atoms with Crippen LogP contribution in [0.15, 0.2) is 59.7 Å². The van der Waals surface area contributed by atoms with Crippen LogP contribution in [0.25, 0.3) is 10.9 Å². The van der Waals surface area contributed by atoms with Gasteiger partial charge >= 0.3 is 6.09 Å². The van der Waals surface area contributed by atoms with Crippen molar-refractivity contribution >= 4 is 22.9 Å². The highest BCUT2D eigenvalue weighted by Gasteiger charge is 2.42. The van der Waals surface area contributed by atoms with Crippen LogP contribution in [0.1, 0.15) is 58.1 Å². The number of amides is 2. The maximum atomic E-state index is 13.2. The van der Waals surface area contributed by atoms with E-state index in [2.05, 4.69) is 15.2 Å². The average Bonchev–Trinajstić information content (AvgIpc) is 3.19. The van der Waals surface area contributed by atoms with E-state index in [1.54, 1.807) is 42.0 Å². The molecule has 2 fully saturated rings. The number of nitrogens with zero attached hydrogens (tertiary/aromatic N) is 4. The molecule has 2 saturated heterocycles. The van der Waals surface area contributed by atoms with E-state index in [1.165, 1.54) is 0 Å². The molecule has 1 aromatic carbocycles. The van der Waals surface area contributed by atoms with Crippen LogP contribution in [0.5, 0.6) is 5.75 Å². The molecule has 1 N–H and O–H groups in total. The van der Waals surface area contributed by atoms with Gasteiger partial charge in [0.15, 0.2) is 5.75 Å². The van der Waals surface area contributed by atoms with Gasteiger partial charge in [0, 0.05) is 75.6 Å². The molecule has 2 bridgehead atoms. The third-order valence-corrected chi connectivity index (χ3v) is 8.55. The lowest BCUT2D eigenvalue weighted by molar-refractivity contribution is -0.131. The highest BCUT2D eigenvalue weighted by molar-refractivity contribution is 5.81. The smallest absolute Gasteiger partial charge is 0.404 e. The van der Waals surface area contributed by atoms with Crippen LogP contribution in [0.4, 0.5) is 4.79 Å². The first-order valence-electron chi connectivity index (χ1n) is 14.8. The number of fused-ring (bicyclic) bond motifs is 3. The summed E-state index contributed by atoms with van der Waals surface area (Å²) in [6, 6.07) is 13.6. The molecule has 2 aliphatic rings. The van der Waals surface area contributed by atoms with Crippen molar-refractivity contribution in [2.24, 2.45) is 0 Å². The normalized spacial score (nSPS) is 20.9. The second-order valence-electron chi connectivity index (χ2n) is 11.7. The zero-order valence-corrected chi connectivity index (χ0v) is 24.9. The van der Waals surface area contributed by atoms with Crippen LogP contribution >= 0.6 is 0 Å². The largest absolute Gasteiger partial charge is 0.413 e. The van der Waals surface area contributed by atoms with Gasteiger partial charge in [-0.2, -0.15) is 0 Å². The molecule has 1 unspecified atom stereocenters. The molecule has 0 aliphatic carbocycles. The lowest BCUT2D eigenvalue weighted by Gasteiger charge is -2.41. The Morgan fingerprint density at radius 2 is 1.86 bits per heavy atom. The summed E-state index contributed by atoms with van der Waals surface area (Å²) >= 11 is 0. The number of rotatable bonds is 10. The summed E-state index contributed by atoms with van der Waals surface area (Å²) in [7, 11) is 1.69. The summed E-state index contributed by atoms with van der Waals surface area (Å²) < 4.78 is 13.1. The first kappa shape index (κ1) is 29.7. The zero-order valence-electron chi connectivity index (χ0n) is 24.9. The predicted octanol–water partition coefficient (Wildman–Crippen LogP) is 4.12. The molecule has 3 aromatic rings. The van der Waals surface area contributed by atoms with Crippen LogP contribution in [0.2, 0.25) is 0 Å². The van der Waals surface area contributed by atoms with Gasteiger partial charge in [0.25, 0.3) is 5.56 Å². The van der Waals surface area contributed by atoms with Crippen LogP contribution < -0.4 is 15.6 Å². The quantitative estimate of drug-likeness (QED) is 0.388. The van der Waals surface area contributed by atoms with Gasteiger partial charge < -0.3 is 24.3 Å². The summed E-state index contributed by atoms with van der Waals surface area (Å²) in [5.41, 5.74) is 1.47. The molecule has 10 heteroatoms. The summed E-state index contributed by atoms with van der Waals surface area (Å²) in [6.07, 6.45) is 6.44. The maximum Gasteiger partial charge on any atom is 0.413 e. The molecular formula is C32H41N5O5. The minimum atomic E-state index is -0.599. The number of pyridine rings is 2. The number of hydrogen-bond acceptors (Lipinski definition) is 7. The van der Waals surface area contributed by atoms with Gasteiger partial charge in [-0.15, -0.1) is 0 Å². The van der Waals surface area contributed by atoms with E-state index in [-0.39, 0.29) is 35.4 Å². The van der Waals surface area contributed by atoms with Gasteiger partial charge in [0.2, 0.25) is 5.91 Å². The Bertz CT molecular complexity index is 1440. The molecule has 224 valence electrons. The molecule has 4 heterocycles. The first-order chi connectivity index (χ1) is 20.2. The standard InChI is InChI=1S/C32H41N5O5/c1-21(2)37-29-10-6-5-9-24(29)14-30(31(37)39)42-32(40)34-25-15-26-11-12-27(16-25)36(26)20-28(41-4)19-35(22(3)38)18-23-8-7-13-33-17-23/h5-10,13-14,17,21,25-28H,11-12,15-16,18-20H2,1-4H3,(H,34,40)/t25-,26-,27+,28?. The molecule has 0 spiro atoms. The molecular weight excluding hydrogens is 534 g/mol. The molecule has 2 aliphatic heterocycles. The summed E-state index contributed by atoms with van der Waals surface area (Å²) in [4.78, 5) is 47.0. The van der Waals surface area contributed by atoms with E-state index in [0.717, 1.165) is 42.1 Å². The van der Waals surface area contributed by atoms with Gasteiger partial charge in [0.1, 0.15) is 0 Å². The van der Waals surface area contributed by atoms with Crippen LogP contribution in [0, 0.1) is 0 Å². The fourth-order valence-corrected chi connectivity index (χ4v) is 6.54. The Kier molecular flexibility index (Phi) is 9.23. The van der Waals surface area contributed by atoms with Gasteiger partial charge in [-0.25, -0.2) is 4.79 Å². The molecule has 10 nitrogen and oxygen atoms in total. The number of ether oxygens (including phenoxy) is 2. The van der Waals surface area contributed by atoms with E-state index in [0.29, 0.717) is 31.7 Å². The number of aromatic nitrogens is 2. The number of carbonyl (C=O) groups is 2. The molecule has 0 saturated carbocycles. The number of carbonyl (C=O) groups excluding carboxylic acids is 2. The SMILES string of the molecule is COC(CN(Cc1cccnc1)C(C)=O)CN1[C@@H]2CC[C@H]1C[C@H](NC(=O)Oc1cc3ccccc3n(C(C)C)c1=O)C2. The predicted molar refractivity (Wildman–Crippen MR) is 160 cm³/mol. The Morgan fingerprint density at radius 3 is 2.50 bits per heavy atom. The highest BCUT2D eigenvalue weighted by Crippen LogP contribution is 2.36. The van der Waals surface area contributed by atoms with Crippen molar-refractivity contribution in [3.05, 3.63) is 70.8 Å². The Hall–Kier alpha value is -3.76. The van der Waals surface area contributed by atoms with Crippen molar-refractivity contribution in [3.8, 4) is 5.75 Å². The topological polar surface area (TPSA) is 106 Å². The van der Waals surface area contributed by atoms with Crippen LogP contribution in [-0.2, 0) is 16.1 Å². The molecule has 0 radical (unpaired) electrons. The van der Waals surface area contributed by atoms with Crippen molar-refractivity contribution in [2.75, 3.05) is 20.2 Å². The van der Waals surface area contributed by atoms with E-state index >= 15 is 0 Å². The van der Waals surface area contributed by atoms with Crippen molar-refractivity contribution in [1.29, 1.82) is 0 Å². The number of benzene rings is 1. The Labute approximate surface area is 246 Å². The lowest BCUT2D eigenvalue weighted by atomic mass is 9.97. The Morgan fingerprint density at radius 1 is 1.12 bits per heavy atom. The summed E-state index contributed by atoms with van der Waals surface area (Å²) in [6.45, 7) is 7.15.